The zero-order valence-corrected chi connectivity index (χ0v) is 19.0. The molecule has 6 nitrogen and oxygen atoms in total. The molecule has 1 amide bonds. The summed E-state index contributed by atoms with van der Waals surface area (Å²) in [6.07, 6.45) is 5.06. The summed E-state index contributed by atoms with van der Waals surface area (Å²) in [7, 11) is 0. The Labute approximate surface area is 191 Å². The number of benzene rings is 1. The monoisotopic (exact) mass is 446 g/mol. The highest BCUT2D eigenvalue weighted by Gasteiger charge is 2.19. The number of carbonyl (C=O) groups is 1. The van der Waals surface area contributed by atoms with Crippen LogP contribution >= 0.6 is 11.3 Å². The molecule has 0 fully saturated rings. The van der Waals surface area contributed by atoms with E-state index >= 15 is 0 Å². The molecule has 0 radical (unpaired) electrons. The number of amides is 1. The number of nitrogens with one attached hydrogen (secondary N) is 1. The molecule has 0 saturated heterocycles. The largest absolute Gasteiger partial charge is 0.344 e. The lowest BCUT2D eigenvalue weighted by atomic mass is 9.98. The van der Waals surface area contributed by atoms with Crippen LogP contribution in [0.3, 0.4) is 0 Å². The van der Waals surface area contributed by atoms with Crippen molar-refractivity contribution in [3.8, 4) is 11.4 Å². The smallest absolute Gasteiger partial charge is 0.227 e. The van der Waals surface area contributed by atoms with Crippen molar-refractivity contribution in [3.63, 3.8) is 0 Å². The third-order valence-corrected chi connectivity index (χ3v) is 5.98. The average molecular weight is 447 g/mol. The van der Waals surface area contributed by atoms with Gasteiger partial charge in [0.1, 0.15) is 0 Å². The molecule has 0 saturated carbocycles. The second-order valence-electron chi connectivity index (χ2n) is 8.11. The number of hydrogen-bond acceptors (Lipinski definition) is 6. The van der Waals surface area contributed by atoms with Gasteiger partial charge in [0, 0.05) is 35.7 Å². The molecule has 3 heterocycles. The van der Waals surface area contributed by atoms with Crippen LogP contribution in [0, 0.1) is 5.92 Å². The number of aryl methyl sites for hydroxylation is 1. The highest BCUT2D eigenvalue weighted by molar-refractivity contribution is 7.10. The lowest BCUT2D eigenvalue weighted by molar-refractivity contribution is -0.121. The number of thiophene rings is 1. The van der Waals surface area contributed by atoms with Crippen molar-refractivity contribution in [3.05, 3.63) is 88.2 Å². The molecule has 1 unspecified atom stereocenters. The Hall–Kier alpha value is -3.32. The van der Waals surface area contributed by atoms with E-state index in [9.17, 15) is 4.79 Å². The third-order valence-electron chi connectivity index (χ3n) is 5.04. The summed E-state index contributed by atoms with van der Waals surface area (Å²) in [6, 6.07) is 16.1. The molecule has 164 valence electrons. The topological polar surface area (TPSA) is 80.9 Å². The fraction of sp³-hybridized carbons (Fsp3) is 0.280. The molecule has 4 rings (SSSR count). The molecule has 4 aromatic rings. The van der Waals surface area contributed by atoms with Crippen molar-refractivity contribution in [2.45, 2.75) is 39.2 Å². The molecule has 32 heavy (non-hydrogen) atoms. The van der Waals surface area contributed by atoms with E-state index in [-0.39, 0.29) is 18.4 Å². The summed E-state index contributed by atoms with van der Waals surface area (Å²) >= 11 is 1.64. The van der Waals surface area contributed by atoms with Crippen LogP contribution in [0.5, 0.6) is 0 Å². The number of nitrogens with zero attached hydrogens (tertiary/aromatic N) is 3. The van der Waals surface area contributed by atoms with Crippen LogP contribution in [-0.2, 0) is 17.6 Å². The van der Waals surface area contributed by atoms with E-state index in [1.807, 2.05) is 23.6 Å². The predicted molar refractivity (Wildman–Crippen MR) is 125 cm³/mol. The van der Waals surface area contributed by atoms with Gasteiger partial charge in [-0.25, -0.2) is 0 Å². The van der Waals surface area contributed by atoms with Gasteiger partial charge in [-0.15, -0.1) is 11.3 Å². The Kier molecular flexibility index (Phi) is 7.07. The van der Waals surface area contributed by atoms with Gasteiger partial charge in [0.2, 0.25) is 17.6 Å². The van der Waals surface area contributed by atoms with Gasteiger partial charge in [0.15, 0.2) is 0 Å². The lowest BCUT2D eigenvalue weighted by Gasteiger charge is -2.18. The normalized spacial score (nSPS) is 12.1. The van der Waals surface area contributed by atoms with Gasteiger partial charge in [-0.2, -0.15) is 4.98 Å². The summed E-state index contributed by atoms with van der Waals surface area (Å²) in [5, 5.41) is 9.19. The first-order valence-electron chi connectivity index (χ1n) is 10.7. The van der Waals surface area contributed by atoms with Gasteiger partial charge in [0.25, 0.3) is 0 Å². The number of pyridine rings is 1. The van der Waals surface area contributed by atoms with E-state index in [0.717, 1.165) is 22.4 Å². The molecule has 0 aliphatic carbocycles. The van der Waals surface area contributed by atoms with Crippen LogP contribution in [0.1, 0.15) is 48.2 Å². The zero-order valence-electron chi connectivity index (χ0n) is 18.2. The predicted octanol–water partition coefficient (Wildman–Crippen LogP) is 5.23. The first-order chi connectivity index (χ1) is 15.6. The molecule has 1 atom stereocenters. The SMILES string of the molecule is CC(C)Cc1ccc(C(NC(=O)CCc2nc(-c3cccnc3)no2)c2cccs2)cc1. The molecule has 0 aliphatic rings. The van der Waals surface area contributed by atoms with Crippen LogP contribution < -0.4 is 5.32 Å². The van der Waals surface area contributed by atoms with Crippen LogP contribution in [0.2, 0.25) is 0 Å². The molecule has 0 aliphatic heterocycles. The maximum atomic E-state index is 12.8. The molecule has 1 N–H and O–H groups in total. The molecule has 0 spiro atoms. The Bertz CT molecular complexity index is 1120. The minimum absolute atomic E-state index is 0.0595. The highest BCUT2D eigenvalue weighted by atomic mass is 32.1. The molecular formula is C25H26N4O2S. The fourth-order valence-electron chi connectivity index (χ4n) is 3.51. The Morgan fingerprint density at radius 1 is 1.12 bits per heavy atom. The minimum atomic E-state index is -0.177. The number of aromatic nitrogens is 3. The van der Waals surface area contributed by atoms with Gasteiger partial charge in [-0.1, -0.05) is 49.3 Å². The molecule has 1 aromatic carbocycles. The van der Waals surface area contributed by atoms with Crippen molar-refractivity contribution in [1.29, 1.82) is 0 Å². The van der Waals surface area contributed by atoms with E-state index in [1.165, 1.54) is 5.56 Å². The minimum Gasteiger partial charge on any atom is -0.344 e. The second kappa shape index (κ2) is 10.3. The molecule has 3 aromatic heterocycles. The van der Waals surface area contributed by atoms with Gasteiger partial charge in [0.05, 0.1) is 6.04 Å². The Morgan fingerprint density at radius 3 is 2.66 bits per heavy atom. The van der Waals surface area contributed by atoms with E-state index < -0.39 is 0 Å². The first-order valence-corrected chi connectivity index (χ1v) is 11.6. The highest BCUT2D eigenvalue weighted by Crippen LogP contribution is 2.27. The van der Waals surface area contributed by atoms with Crippen LogP contribution in [0.4, 0.5) is 0 Å². The van der Waals surface area contributed by atoms with Gasteiger partial charge in [-0.3, -0.25) is 9.78 Å². The Morgan fingerprint density at radius 2 is 1.97 bits per heavy atom. The summed E-state index contributed by atoms with van der Waals surface area (Å²) < 4.78 is 5.31. The van der Waals surface area contributed by atoms with Crippen molar-refractivity contribution in [1.82, 2.24) is 20.4 Å². The van der Waals surface area contributed by atoms with E-state index in [2.05, 4.69) is 64.6 Å². The summed E-state index contributed by atoms with van der Waals surface area (Å²) in [5.41, 5.74) is 3.16. The van der Waals surface area contributed by atoms with Gasteiger partial charge in [-0.05, 0) is 47.0 Å². The van der Waals surface area contributed by atoms with E-state index in [1.54, 1.807) is 23.7 Å². The van der Waals surface area contributed by atoms with Crippen molar-refractivity contribution in [2.75, 3.05) is 0 Å². The van der Waals surface area contributed by atoms with Gasteiger partial charge < -0.3 is 9.84 Å². The number of hydrogen-bond donors (Lipinski definition) is 1. The standard InChI is InChI=1S/C25H26N4O2S/c1-17(2)15-18-7-9-19(10-8-18)24(21-6-4-14-32-21)27-22(30)11-12-23-28-25(29-31-23)20-5-3-13-26-16-20/h3-10,13-14,16-17,24H,11-12,15H2,1-2H3,(H,27,30). The summed E-state index contributed by atoms with van der Waals surface area (Å²) in [6.45, 7) is 4.43. The quantitative estimate of drug-likeness (QED) is 0.381. The van der Waals surface area contributed by atoms with Crippen molar-refractivity contribution < 1.29 is 9.32 Å². The lowest BCUT2D eigenvalue weighted by Crippen LogP contribution is -2.29. The summed E-state index contributed by atoms with van der Waals surface area (Å²) in [4.78, 5) is 22.3. The first kappa shape index (κ1) is 21.9. The van der Waals surface area contributed by atoms with Crippen molar-refractivity contribution in [2.24, 2.45) is 5.92 Å². The Balaban J connectivity index is 1.40. The molecule has 0 bridgehead atoms. The third kappa shape index (κ3) is 5.68. The van der Waals surface area contributed by atoms with Crippen molar-refractivity contribution >= 4 is 17.2 Å². The van der Waals surface area contributed by atoms with Crippen LogP contribution in [0.15, 0.2) is 70.8 Å². The van der Waals surface area contributed by atoms with Gasteiger partial charge >= 0.3 is 0 Å². The number of rotatable bonds is 9. The van der Waals surface area contributed by atoms with Crippen LogP contribution in [-0.4, -0.2) is 21.0 Å². The molecular weight excluding hydrogens is 420 g/mol. The fourth-order valence-corrected chi connectivity index (χ4v) is 4.32. The van der Waals surface area contributed by atoms with Crippen LogP contribution in [0.25, 0.3) is 11.4 Å². The maximum Gasteiger partial charge on any atom is 0.227 e. The average Bonchev–Trinajstić information content (AvgIpc) is 3.49. The maximum absolute atomic E-state index is 12.8. The zero-order chi connectivity index (χ0) is 22.3. The number of carbonyl (C=O) groups excluding carboxylic acids is 1. The van der Waals surface area contributed by atoms with E-state index in [0.29, 0.717) is 24.1 Å². The second-order valence-corrected chi connectivity index (χ2v) is 9.09. The summed E-state index contributed by atoms with van der Waals surface area (Å²) in [5.74, 6) is 1.46. The van der Waals surface area contributed by atoms with E-state index in [4.69, 9.17) is 4.52 Å². The molecule has 7 heteroatoms.